The molecule has 0 saturated heterocycles. The van der Waals surface area contributed by atoms with E-state index in [2.05, 4.69) is 27.7 Å². The van der Waals surface area contributed by atoms with E-state index in [1.807, 2.05) is 35.2 Å². The van der Waals surface area contributed by atoms with E-state index in [4.69, 9.17) is 9.47 Å². The van der Waals surface area contributed by atoms with Gasteiger partial charge in [-0.25, -0.2) is 4.68 Å². The summed E-state index contributed by atoms with van der Waals surface area (Å²) in [6.07, 6.45) is 7.95. The summed E-state index contributed by atoms with van der Waals surface area (Å²) in [5.74, 6) is 1.41. The van der Waals surface area contributed by atoms with E-state index >= 15 is 0 Å². The molecule has 2 heterocycles. The molecule has 3 aromatic rings. The molecule has 1 aromatic heterocycles. The number of hydrogen-bond acceptors (Lipinski definition) is 6. The van der Waals surface area contributed by atoms with Gasteiger partial charge in [-0.05, 0) is 64.6 Å². The Bertz CT molecular complexity index is 1090. The van der Waals surface area contributed by atoms with Crippen LogP contribution in [0.25, 0.3) is 0 Å². The molecule has 1 atom stereocenters. The van der Waals surface area contributed by atoms with Gasteiger partial charge in [-0.3, -0.25) is 4.79 Å². The molecule has 1 aliphatic heterocycles. The Hall–Kier alpha value is -3.26. The van der Waals surface area contributed by atoms with Crippen LogP contribution in [0, 0.1) is 5.92 Å². The largest absolute Gasteiger partial charge is 0.491 e. The third-order valence-corrected chi connectivity index (χ3v) is 6.95. The fraction of sp³-hybridized carbons (Fsp3) is 0.462. The van der Waals surface area contributed by atoms with Gasteiger partial charge < -0.3 is 14.4 Å². The third kappa shape index (κ3) is 4.97. The van der Waals surface area contributed by atoms with Crippen LogP contribution >= 0.6 is 0 Å². The average Bonchev–Trinajstić information content (AvgIpc) is 3.29. The Morgan fingerprint density at radius 1 is 1.15 bits per heavy atom. The number of tetrazole rings is 1. The number of ether oxygens (including phenoxy) is 2. The topological polar surface area (TPSA) is 82.4 Å². The first kappa shape index (κ1) is 22.5. The lowest BCUT2D eigenvalue weighted by molar-refractivity contribution is 0.0353. The number of benzene rings is 2. The van der Waals surface area contributed by atoms with Crippen molar-refractivity contribution in [1.82, 2.24) is 25.1 Å². The summed E-state index contributed by atoms with van der Waals surface area (Å²) < 4.78 is 13.6. The van der Waals surface area contributed by atoms with Crippen molar-refractivity contribution >= 4 is 5.91 Å². The first-order valence-electron chi connectivity index (χ1n) is 12.1. The number of carbonyl (C=O) groups excluding carboxylic acids is 1. The van der Waals surface area contributed by atoms with Gasteiger partial charge in [-0.2, -0.15) is 0 Å². The molecule has 1 fully saturated rings. The highest BCUT2D eigenvalue weighted by Gasteiger charge is 2.27. The lowest BCUT2D eigenvalue weighted by Gasteiger charge is -2.30. The average molecular weight is 462 g/mol. The van der Waals surface area contributed by atoms with E-state index in [0.717, 1.165) is 16.9 Å². The van der Waals surface area contributed by atoms with Crippen LogP contribution in [0.1, 0.15) is 65.3 Å². The molecule has 0 bridgehead atoms. The molecular weight excluding hydrogens is 430 g/mol. The van der Waals surface area contributed by atoms with Crippen LogP contribution in [0.2, 0.25) is 0 Å². The van der Waals surface area contributed by atoms with Crippen LogP contribution in [-0.2, 0) is 17.8 Å². The Balaban J connectivity index is 1.31. The van der Waals surface area contributed by atoms with Crippen LogP contribution in [0.3, 0.4) is 0 Å². The predicted octanol–water partition coefficient (Wildman–Crippen LogP) is 4.02. The number of carbonyl (C=O) groups is 1. The van der Waals surface area contributed by atoms with Gasteiger partial charge in [-0.15, -0.1) is 5.10 Å². The Morgan fingerprint density at radius 3 is 2.71 bits per heavy atom. The quantitative estimate of drug-likeness (QED) is 0.551. The van der Waals surface area contributed by atoms with E-state index < -0.39 is 0 Å². The van der Waals surface area contributed by atoms with Crippen LogP contribution in [-0.4, -0.2) is 51.3 Å². The van der Waals surface area contributed by atoms with Crippen molar-refractivity contribution in [2.75, 3.05) is 20.3 Å². The highest BCUT2D eigenvalue weighted by molar-refractivity contribution is 5.94. The monoisotopic (exact) mass is 461 g/mol. The molecule has 2 aliphatic rings. The molecule has 178 valence electrons. The Kier molecular flexibility index (Phi) is 6.85. The number of amides is 1. The standard InChI is InChI=1S/C26H31N5O3/c1-33-25(20-5-3-2-4-6-20)22-11-12-24-23(15-22)17-30(13-14-34-24)26(32)21-9-7-19(8-10-21)16-31-18-27-28-29-31/h7-12,15,18,20,25H,2-6,13-14,16-17H2,1H3. The predicted molar refractivity (Wildman–Crippen MR) is 126 cm³/mol. The summed E-state index contributed by atoms with van der Waals surface area (Å²) in [6, 6.07) is 14.0. The maximum atomic E-state index is 13.3. The molecule has 1 unspecified atom stereocenters. The van der Waals surface area contributed by atoms with Crippen molar-refractivity contribution in [3.05, 3.63) is 71.0 Å². The van der Waals surface area contributed by atoms with Gasteiger partial charge in [0.25, 0.3) is 5.91 Å². The highest BCUT2D eigenvalue weighted by Crippen LogP contribution is 2.38. The SMILES string of the molecule is COC(c1ccc2c(c1)CN(C(=O)c1ccc(Cn3cnnn3)cc1)CCO2)C1CCCCC1. The van der Waals surface area contributed by atoms with Gasteiger partial charge in [0.2, 0.25) is 0 Å². The summed E-state index contributed by atoms with van der Waals surface area (Å²) in [5.41, 5.74) is 3.91. The van der Waals surface area contributed by atoms with Crippen LogP contribution in [0.5, 0.6) is 5.75 Å². The zero-order valence-corrected chi connectivity index (χ0v) is 19.6. The number of hydrogen-bond donors (Lipinski definition) is 0. The van der Waals surface area contributed by atoms with Crippen molar-refractivity contribution in [1.29, 1.82) is 0 Å². The summed E-state index contributed by atoms with van der Waals surface area (Å²) in [4.78, 5) is 15.2. The fourth-order valence-electron chi connectivity index (χ4n) is 5.18. The van der Waals surface area contributed by atoms with Crippen LogP contribution in [0.15, 0.2) is 48.8 Å². The van der Waals surface area contributed by atoms with Crippen molar-refractivity contribution in [2.45, 2.75) is 51.3 Å². The molecule has 0 spiro atoms. The minimum Gasteiger partial charge on any atom is -0.491 e. The van der Waals surface area contributed by atoms with Crippen molar-refractivity contribution < 1.29 is 14.3 Å². The molecule has 1 amide bonds. The Morgan fingerprint density at radius 2 is 1.97 bits per heavy atom. The number of rotatable bonds is 6. The number of methoxy groups -OCH3 is 1. The molecule has 34 heavy (non-hydrogen) atoms. The minimum atomic E-state index is 0.00592. The van der Waals surface area contributed by atoms with E-state index in [1.54, 1.807) is 18.1 Å². The molecule has 5 rings (SSSR count). The lowest BCUT2D eigenvalue weighted by Crippen LogP contribution is -2.32. The van der Waals surface area contributed by atoms with Gasteiger partial charge >= 0.3 is 0 Å². The third-order valence-electron chi connectivity index (χ3n) is 6.95. The molecule has 1 saturated carbocycles. The van der Waals surface area contributed by atoms with E-state index in [9.17, 15) is 4.79 Å². The number of nitrogens with zero attached hydrogens (tertiary/aromatic N) is 5. The zero-order chi connectivity index (χ0) is 23.3. The first-order valence-corrected chi connectivity index (χ1v) is 12.1. The normalized spacial score (nSPS) is 17.5. The minimum absolute atomic E-state index is 0.00592. The maximum Gasteiger partial charge on any atom is 0.254 e. The zero-order valence-electron chi connectivity index (χ0n) is 19.6. The van der Waals surface area contributed by atoms with Gasteiger partial charge in [-0.1, -0.05) is 37.5 Å². The summed E-state index contributed by atoms with van der Waals surface area (Å²) >= 11 is 0. The molecular formula is C26H31N5O3. The summed E-state index contributed by atoms with van der Waals surface area (Å²) in [7, 11) is 1.81. The summed E-state index contributed by atoms with van der Waals surface area (Å²) in [6.45, 7) is 2.11. The van der Waals surface area contributed by atoms with Crippen molar-refractivity contribution in [2.24, 2.45) is 5.92 Å². The summed E-state index contributed by atoms with van der Waals surface area (Å²) in [5, 5.41) is 11.2. The lowest BCUT2D eigenvalue weighted by atomic mass is 9.82. The second-order valence-electron chi connectivity index (χ2n) is 9.20. The van der Waals surface area contributed by atoms with Gasteiger partial charge in [0.1, 0.15) is 18.7 Å². The van der Waals surface area contributed by atoms with Crippen LogP contribution in [0.4, 0.5) is 0 Å². The molecule has 2 aromatic carbocycles. The molecule has 0 N–H and O–H groups in total. The van der Waals surface area contributed by atoms with Crippen molar-refractivity contribution in [3.63, 3.8) is 0 Å². The molecule has 8 heteroatoms. The first-order chi connectivity index (χ1) is 16.7. The molecule has 1 aliphatic carbocycles. The highest BCUT2D eigenvalue weighted by atomic mass is 16.5. The fourth-order valence-corrected chi connectivity index (χ4v) is 5.18. The second kappa shape index (κ2) is 10.3. The van der Waals surface area contributed by atoms with Crippen LogP contribution < -0.4 is 4.74 Å². The molecule has 0 radical (unpaired) electrons. The maximum absolute atomic E-state index is 13.3. The van der Waals surface area contributed by atoms with Gasteiger partial charge in [0.05, 0.1) is 19.2 Å². The van der Waals surface area contributed by atoms with Gasteiger partial charge in [0.15, 0.2) is 0 Å². The van der Waals surface area contributed by atoms with E-state index in [-0.39, 0.29) is 12.0 Å². The van der Waals surface area contributed by atoms with E-state index in [0.29, 0.717) is 37.7 Å². The number of fused-ring (bicyclic) bond motifs is 1. The Labute approximate surface area is 199 Å². The smallest absolute Gasteiger partial charge is 0.254 e. The number of aromatic nitrogens is 4. The second-order valence-corrected chi connectivity index (χ2v) is 9.20. The molecule has 8 nitrogen and oxygen atoms in total. The van der Waals surface area contributed by atoms with Crippen molar-refractivity contribution in [3.8, 4) is 5.75 Å². The van der Waals surface area contributed by atoms with Gasteiger partial charge in [0, 0.05) is 24.8 Å². The van der Waals surface area contributed by atoms with E-state index in [1.165, 1.54) is 37.7 Å².